The zero-order chi connectivity index (χ0) is 19.0. The van der Waals surface area contributed by atoms with Gasteiger partial charge in [0.15, 0.2) is 0 Å². The Morgan fingerprint density at radius 2 is 1.67 bits per heavy atom. The summed E-state index contributed by atoms with van der Waals surface area (Å²) in [7, 11) is 0. The third-order valence-electron chi connectivity index (χ3n) is 4.58. The highest BCUT2D eigenvalue weighted by atomic mass is 32.2. The van der Waals surface area contributed by atoms with Gasteiger partial charge in [0.25, 0.3) is 17.0 Å². The lowest BCUT2D eigenvalue weighted by Crippen LogP contribution is -2.31. The molecular formula is C20H17N3O3S. The summed E-state index contributed by atoms with van der Waals surface area (Å²) < 4.78 is 5.70. The lowest BCUT2D eigenvalue weighted by atomic mass is 10.1. The van der Waals surface area contributed by atoms with Gasteiger partial charge in [-0.2, -0.15) is 0 Å². The maximum atomic E-state index is 12.3. The van der Waals surface area contributed by atoms with Crippen molar-refractivity contribution in [1.29, 1.82) is 0 Å². The van der Waals surface area contributed by atoms with Crippen LogP contribution in [0.5, 0.6) is 0 Å². The predicted octanol–water partition coefficient (Wildman–Crippen LogP) is 3.74. The molecule has 0 bridgehead atoms. The Kier molecular flexibility index (Phi) is 4.53. The van der Waals surface area contributed by atoms with E-state index in [4.69, 9.17) is 4.42 Å². The van der Waals surface area contributed by atoms with Crippen molar-refractivity contribution >= 4 is 23.6 Å². The van der Waals surface area contributed by atoms with Gasteiger partial charge in [-0.25, -0.2) is 0 Å². The summed E-state index contributed by atoms with van der Waals surface area (Å²) in [6, 6.07) is 12.8. The molecule has 0 radical (unpaired) electrons. The first kappa shape index (κ1) is 17.5. The van der Waals surface area contributed by atoms with Crippen LogP contribution in [0.4, 0.5) is 0 Å². The summed E-state index contributed by atoms with van der Waals surface area (Å²) in [6.45, 7) is 4.37. The molecule has 2 amide bonds. The maximum absolute atomic E-state index is 12.3. The van der Waals surface area contributed by atoms with Crippen LogP contribution in [-0.2, 0) is 0 Å². The van der Waals surface area contributed by atoms with Gasteiger partial charge in [0, 0.05) is 17.9 Å². The fraction of sp³-hybridized carbons (Fsp3) is 0.200. The van der Waals surface area contributed by atoms with E-state index < -0.39 is 0 Å². The van der Waals surface area contributed by atoms with E-state index in [0.717, 1.165) is 11.1 Å². The first-order chi connectivity index (χ1) is 13.0. The standard InChI is InChI=1S/C20H17N3O3S/c1-12-7-8-14(11-13(12)2)17-21-22-20(26-17)27-10-9-23-18(24)15-5-3-4-6-16(15)19(23)25/h3-8,11H,9-10H2,1-2H3. The molecule has 136 valence electrons. The minimum Gasteiger partial charge on any atom is -0.411 e. The third-order valence-corrected chi connectivity index (χ3v) is 5.38. The number of aryl methyl sites for hydroxylation is 2. The Balaban J connectivity index is 1.39. The predicted molar refractivity (Wildman–Crippen MR) is 102 cm³/mol. The molecule has 0 saturated carbocycles. The number of nitrogens with zero attached hydrogens (tertiary/aromatic N) is 3. The molecule has 0 unspecified atom stereocenters. The molecule has 1 aliphatic rings. The molecule has 0 fully saturated rings. The third kappa shape index (κ3) is 3.26. The molecule has 0 saturated heterocycles. The number of carbonyl (C=O) groups excluding carboxylic acids is 2. The zero-order valence-electron chi connectivity index (χ0n) is 14.9. The highest BCUT2D eigenvalue weighted by Crippen LogP contribution is 2.26. The fourth-order valence-corrected chi connectivity index (χ4v) is 3.61. The van der Waals surface area contributed by atoms with Gasteiger partial charge in [0.05, 0.1) is 11.1 Å². The molecular weight excluding hydrogens is 362 g/mol. The van der Waals surface area contributed by atoms with Crippen molar-refractivity contribution in [3.05, 3.63) is 64.7 Å². The molecule has 3 aromatic rings. The van der Waals surface area contributed by atoms with Gasteiger partial charge in [-0.05, 0) is 49.2 Å². The van der Waals surface area contributed by atoms with Crippen LogP contribution in [0.2, 0.25) is 0 Å². The number of carbonyl (C=O) groups is 2. The number of aromatic nitrogens is 2. The van der Waals surface area contributed by atoms with Crippen LogP contribution in [0.1, 0.15) is 31.8 Å². The Labute approximate surface area is 160 Å². The monoisotopic (exact) mass is 379 g/mol. The van der Waals surface area contributed by atoms with Crippen molar-refractivity contribution in [2.75, 3.05) is 12.3 Å². The molecule has 0 atom stereocenters. The largest absolute Gasteiger partial charge is 0.411 e. The van der Waals surface area contributed by atoms with Crippen LogP contribution in [0.25, 0.3) is 11.5 Å². The Bertz CT molecular complexity index is 1010. The molecule has 4 rings (SSSR count). The van der Waals surface area contributed by atoms with E-state index in [1.54, 1.807) is 24.3 Å². The highest BCUT2D eigenvalue weighted by Gasteiger charge is 2.34. The van der Waals surface area contributed by atoms with Gasteiger partial charge < -0.3 is 4.42 Å². The fourth-order valence-electron chi connectivity index (χ4n) is 2.93. The molecule has 6 nitrogen and oxygen atoms in total. The van der Waals surface area contributed by atoms with Crippen molar-refractivity contribution in [3.63, 3.8) is 0 Å². The number of imide groups is 1. The second-order valence-electron chi connectivity index (χ2n) is 6.33. The summed E-state index contributed by atoms with van der Waals surface area (Å²) in [6.07, 6.45) is 0. The topological polar surface area (TPSA) is 76.3 Å². The Morgan fingerprint density at radius 3 is 2.33 bits per heavy atom. The van der Waals surface area contributed by atoms with Gasteiger partial charge in [-0.15, -0.1) is 10.2 Å². The zero-order valence-corrected chi connectivity index (χ0v) is 15.7. The van der Waals surface area contributed by atoms with Crippen molar-refractivity contribution in [1.82, 2.24) is 15.1 Å². The quantitative estimate of drug-likeness (QED) is 0.496. The second kappa shape index (κ2) is 7.00. The Hall–Kier alpha value is -2.93. The average molecular weight is 379 g/mol. The summed E-state index contributed by atoms with van der Waals surface area (Å²) in [4.78, 5) is 25.9. The van der Waals surface area contributed by atoms with E-state index >= 15 is 0 Å². The van der Waals surface area contributed by atoms with Crippen LogP contribution in [0, 0.1) is 13.8 Å². The normalized spacial score (nSPS) is 13.3. The van der Waals surface area contributed by atoms with Gasteiger partial charge in [0.1, 0.15) is 0 Å². The molecule has 0 aliphatic carbocycles. The van der Waals surface area contributed by atoms with Gasteiger partial charge in [0.2, 0.25) is 5.89 Å². The second-order valence-corrected chi connectivity index (χ2v) is 7.37. The summed E-state index contributed by atoms with van der Waals surface area (Å²) in [5.74, 6) is 0.441. The van der Waals surface area contributed by atoms with Crippen LogP contribution in [0.3, 0.4) is 0 Å². The number of amides is 2. The minimum absolute atomic E-state index is 0.252. The molecule has 1 aliphatic heterocycles. The van der Waals surface area contributed by atoms with E-state index in [-0.39, 0.29) is 11.8 Å². The van der Waals surface area contributed by atoms with Gasteiger partial charge in [-0.1, -0.05) is 30.0 Å². The van der Waals surface area contributed by atoms with Crippen molar-refractivity contribution < 1.29 is 14.0 Å². The first-order valence-corrected chi connectivity index (χ1v) is 9.52. The van der Waals surface area contributed by atoms with E-state index in [0.29, 0.717) is 34.5 Å². The average Bonchev–Trinajstić information content (AvgIpc) is 3.23. The SMILES string of the molecule is Cc1ccc(-c2nnc(SCCN3C(=O)c4ccccc4C3=O)o2)cc1C. The molecule has 27 heavy (non-hydrogen) atoms. The number of thioether (sulfide) groups is 1. The van der Waals surface area contributed by atoms with Crippen LogP contribution >= 0.6 is 11.8 Å². The summed E-state index contributed by atoms with van der Waals surface area (Å²) in [5, 5.41) is 8.55. The minimum atomic E-state index is -0.252. The number of benzene rings is 2. The smallest absolute Gasteiger partial charge is 0.276 e. The van der Waals surface area contributed by atoms with E-state index in [2.05, 4.69) is 10.2 Å². The van der Waals surface area contributed by atoms with Crippen LogP contribution < -0.4 is 0 Å². The van der Waals surface area contributed by atoms with Gasteiger partial charge >= 0.3 is 0 Å². The number of fused-ring (bicyclic) bond motifs is 1. The van der Waals surface area contributed by atoms with E-state index in [1.165, 1.54) is 22.2 Å². The van der Waals surface area contributed by atoms with Gasteiger partial charge in [-0.3, -0.25) is 14.5 Å². The van der Waals surface area contributed by atoms with Crippen molar-refractivity contribution in [2.24, 2.45) is 0 Å². The molecule has 2 aromatic carbocycles. The van der Waals surface area contributed by atoms with E-state index in [1.807, 2.05) is 32.0 Å². The highest BCUT2D eigenvalue weighted by molar-refractivity contribution is 7.99. The summed E-state index contributed by atoms with van der Waals surface area (Å²) >= 11 is 1.33. The number of rotatable bonds is 5. The molecule has 2 heterocycles. The molecule has 1 aromatic heterocycles. The van der Waals surface area contributed by atoms with Crippen LogP contribution in [0.15, 0.2) is 52.1 Å². The molecule has 7 heteroatoms. The molecule has 0 N–H and O–H groups in total. The lowest BCUT2D eigenvalue weighted by molar-refractivity contribution is 0.0664. The number of hydrogen-bond acceptors (Lipinski definition) is 6. The van der Waals surface area contributed by atoms with Crippen molar-refractivity contribution in [3.8, 4) is 11.5 Å². The van der Waals surface area contributed by atoms with E-state index in [9.17, 15) is 9.59 Å². The van der Waals surface area contributed by atoms with Crippen molar-refractivity contribution in [2.45, 2.75) is 19.1 Å². The summed E-state index contributed by atoms with van der Waals surface area (Å²) in [5.41, 5.74) is 4.15. The number of hydrogen-bond donors (Lipinski definition) is 0. The first-order valence-electron chi connectivity index (χ1n) is 8.54. The lowest BCUT2D eigenvalue weighted by Gasteiger charge is -2.12. The molecule has 0 spiro atoms. The Morgan fingerprint density at radius 1 is 0.963 bits per heavy atom. The maximum Gasteiger partial charge on any atom is 0.276 e. The van der Waals surface area contributed by atoms with Crippen LogP contribution in [-0.4, -0.2) is 39.2 Å².